The van der Waals surface area contributed by atoms with Crippen LogP contribution >= 0.6 is 0 Å². The van der Waals surface area contributed by atoms with Crippen molar-refractivity contribution in [1.29, 1.82) is 0 Å². The molecule has 1 aromatic rings. The Labute approximate surface area is 121 Å². The number of halogens is 1. The van der Waals surface area contributed by atoms with Crippen LogP contribution in [0.5, 0.6) is 0 Å². The normalized spacial score (nSPS) is 10.5. The lowest BCUT2D eigenvalue weighted by Crippen LogP contribution is -3.00. The molecule has 3 nitrogen and oxygen atoms in total. The molecule has 0 N–H and O–H groups in total. The summed E-state index contributed by atoms with van der Waals surface area (Å²) in [5, 5.41) is 0. The summed E-state index contributed by atoms with van der Waals surface area (Å²) in [5.41, 5.74) is 1.13. The fourth-order valence-electron chi connectivity index (χ4n) is 1.26. The van der Waals surface area contributed by atoms with Crippen LogP contribution in [0.1, 0.15) is 12.5 Å². The number of benzene rings is 1. The fraction of sp³-hybridized carbons (Fsp3) is 0.385. The van der Waals surface area contributed by atoms with E-state index in [0.29, 0.717) is 0 Å². The molecular weight excluding hydrogens is 325 g/mol. The van der Waals surface area contributed by atoms with Crippen molar-refractivity contribution < 1.29 is 28.6 Å². The van der Waals surface area contributed by atoms with Gasteiger partial charge in [0.05, 0.1) is 19.7 Å². The highest BCUT2D eigenvalue weighted by Crippen LogP contribution is 2.02. The average molecular weight is 345 g/mol. The molecule has 0 bridgehead atoms. The smallest absolute Gasteiger partial charge is 0.327 e. The number of nitrogens with zero attached hydrogens (tertiary/aromatic N) is 3. The fourth-order valence-corrected chi connectivity index (χ4v) is 1.26. The molecule has 0 aliphatic carbocycles. The van der Waals surface area contributed by atoms with Gasteiger partial charge < -0.3 is 28.9 Å². The standard InChI is InChI=1S/C13H20N3.HI/c1-11(15(2)3)14-13(16(4)5)12-9-7-6-8-10-12;/h6-10H,1-5H3;1H/q+1;/p-1. The first-order valence-electron chi connectivity index (χ1n) is 5.34. The molecule has 0 heterocycles. The van der Waals surface area contributed by atoms with Crippen LogP contribution in [0.4, 0.5) is 0 Å². The molecule has 0 spiro atoms. The Morgan fingerprint density at radius 3 is 2.06 bits per heavy atom. The third-order valence-electron chi connectivity index (χ3n) is 2.37. The lowest BCUT2D eigenvalue weighted by Gasteiger charge is -2.06. The molecular formula is C13H20IN3. The van der Waals surface area contributed by atoms with Crippen LogP contribution < -0.4 is 24.0 Å². The van der Waals surface area contributed by atoms with E-state index in [1.165, 1.54) is 0 Å². The van der Waals surface area contributed by atoms with Gasteiger partial charge in [-0.05, 0) is 17.1 Å². The molecule has 0 fully saturated rings. The number of hydrogen-bond acceptors (Lipinski definition) is 0. The summed E-state index contributed by atoms with van der Waals surface area (Å²) in [6.07, 6.45) is 0. The van der Waals surface area contributed by atoms with Crippen LogP contribution in [0.3, 0.4) is 0 Å². The molecule has 0 saturated heterocycles. The van der Waals surface area contributed by atoms with E-state index in [9.17, 15) is 0 Å². The maximum absolute atomic E-state index is 4.63. The maximum atomic E-state index is 4.63. The predicted molar refractivity (Wildman–Crippen MR) is 69.5 cm³/mol. The van der Waals surface area contributed by atoms with Gasteiger partial charge in [-0.1, -0.05) is 18.2 Å². The van der Waals surface area contributed by atoms with Gasteiger partial charge in [0.1, 0.15) is 0 Å². The summed E-state index contributed by atoms with van der Waals surface area (Å²) in [6, 6.07) is 10.2. The quantitative estimate of drug-likeness (QED) is 0.268. The van der Waals surface area contributed by atoms with Crippen molar-refractivity contribution in [1.82, 2.24) is 4.90 Å². The van der Waals surface area contributed by atoms with E-state index in [-0.39, 0.29) is 24.0 Å². The Morgan fingerprint density at radius 1 is 1.12 bits per heavy atom. The highest BCUT2D eigenvalue weighted by molar-refractivity contribution is 6.03. The van der Waals surface area contributed by atoms with Gasteiger partial charge in [0.25, 0.3) is 0 Å². The topological polar surface area (TPSA) is 18.6 Å². The van der Waals surface area contributed by atoms with Crippen LogP contribution in [0.25, 0.3) is 0 Å². The predicted octanol–water partition coefficient (Wildman–Crippen LogP) is -1.31. The summed E-state index contributed by atoms with van der Waals surface area (Å²) in [5.74, 6) is 1.97. The van der Waals surface area contributed by atoms with Crippen molar-refractivity contribution in [2.75, 3.05) is 28.2 Å². The van der Waals surface area contributed by atoms with Crippen molar-refractivity contribution >= 4 is 11.7 Å². The number of amidine groups is 2. The minimum absolute atomic E-state index is 0. The molecule has 1 rings (SSSR count). The van der Waals surface area contributed by atoms with Gasteiger partial charge in [-0.15, -0.1) is 0 Å². The van der Waals surface area contributed by atoms with Gasteiger partial charge in [-0.25, -0.2) is 0 Å². The molecule has 0 radical (unpaired) electrons. The van der Waals surface area contributed by atoms with Crippen molar-refractivity contribution in [2.24, 2.45) is 4.99 Å². The Balaban J connectivity index is 0.00000256. The minimum atomic E-state index is 0. The van der Waals surface area contributed by atoms with Crippen LogP contribution in [0, 0.1) is 0 Å². The molecule has 0 amide bonds. The Hall–Kier alpha value is -0.910. The van der Waals surface area contributed by atoms with Crippen LogP contribution in [0.2, 0.25) is 0 Å². The summed E-state index contributed by atoms with van der Waals surface area (Å²) in [4.78, 5) is 6.64. The summed E-state index contributed by atoms with van der Waals surface area (Å²) in [7, 11) is 8.01. The van der Waals surface area contributed by atoms with Gasteiger partial charge in [0.15, 0.2) is 0 Å². The second-order valence-corrected chi connectivity index (χ2v) is 4.14. The largest absolute Gasteiger partial charge is 1.00 e. The highest BCUT2D eigenvalue weighted by atomic mass is 127. The van der Waals surface area contributed by atoms with Gasteiger partial charge in [-0.2, -0.15) is 0 Å². The van der Waals surface area contributed by atoms with E-state index < -0.39 is 0 Å². The van der Waals surface area contributed by atoms with E-state index in [1.807, 2.05) is 62.8 Å². The zero-order valence-electron chi connectivity index (χ0n) is 11.1. The highest BCUT2D eigenvalue weighted by Gasteiger charge is 2.13. The van der Waals surface area contributed by atoms with Crippen LogP contribution in [-0.4, -0.2) is 49.3 Å². The average Bonchev–Trinajstić information content (AvgIpc) is 2.26. The molecule has 0 aliphatic heterocycles. The summed E-state index contributed by atoms with van der Waals surface area (Å²) >= 11 is 0. The lowest BCUT2D eigenvalue weighted by atomic mass is 10.2. The Bertz CT molecular complexity index is 404. The molecule has 4 heteroatoms. The maximum Gasteiger partial charge on any atom is 0.327 e. The second kappa shape index (κ2) is 7.42. The Kier molecular flexibility index (Phi) is 7.03. The molecule has 0 aromatic heterocycles. The van der Waals surface area contributed by atoms with E-state index >= 15 is 0 Å². The van der Waals surface area contributed by atoms with Crippen LogP contribution in [-0.2, 0) is 0 Å². The van der Waals surface area contributed by atoms with Crippen molar-refractivity contribution in [3.05, 3.63) is 35.9 Å². The number of aliphatic imine (C=N–C) groups is 1. The number of hydrogen-bond donors (Lipinski definition) is 0. The Morgan fingerprint density at radius 2 is 1.65 bits per heavy atom. The molecule has 0 unspecified atom stereocenters. The zero-order chi connectivity index (χ0) is 12.1. The van der Waals surface area contributed by atoms with Gasteiger partial charge >= 0.3 is 5.84 Å². The van der Waals surface area contributed by atoms with Crippen molar-refractivity contribution in [2.45, 2.75) is 6.92 Å². The molecule has 17 heavy (non-hydrogen) atoms. The van der Waals surface area contributed by atoms with E-state index in [4.69, 9.17) is 0 Å². The van der Waals surface area contributed by atoms with Crippen molar-refractivity contribution in [3.63, 3.8) is 0 Å². The summed E-state index contributed by atoms with van der Waals surface area (Å²) in [6.45, 7) is 2.01. The molecule has 94 valence electrons. The van der Waals surface area contributed by atoms with Crippen molar-refractivity contribution in [3.8, 4) is 0 Å². The first-order valence-corrected chi connectivity index (χ1v) is 5.34. The van der Waals surface area contributed by atoms with Gasteiger partial charge in [0, 0.05) is 21.0 Å². The molecule has 0 saturated carbocycles. The third-order valence-corrected chi connectivity index (χ3v) is 2.37. The van der Waals surface area contributed by atoms with Crippen LogP contribution in [0.15, 0.2) is 35.3 Å². The first kappa shape index (κ1) is 16.1. The van der Waals surface area contributed by atoms with E-state index in [1.54, 1.807) is 0 Å². The van der Waals surface area contributed by atoms with E-state index in [0.717, 1.165) is 17.2 Å². The number of rotatable bonds is 1. The molecule has 1 aromatic carbocycles. The third kappa shape index (κ3) is 4.85. The summed E-state index contributed by atoms with van der Waals surface area (Å²) < 4.78 is 2.03. The van der Waals surface area contributed by atoms with E-state index in [2.05, 4.69) is 17.1 Å². The van der Waals surface area contributed by atoms with Gasteiger partial charge in [0.2, 0.25) is 5.84 Å². The first-order chi connectivity index (χ1) is 7.52. The molecule has 0 atom stereocenters. The SMILES string of the molecule is CC(=NC(c1ccccc1)=[N+](C)C)N(C)C.[I-]. The van der Waals surface area contributed by atoms with Gasteiger partial charge in [-0.3, -0.25) is 4.58 Å². The molecule has 0 aliphatic rings. The second-order valence-electron chi connectivity index (χ2n) is 4.14. The lowest BCUT2D eigenvalue weighted by molar-refractivity contribution is -0.464. The minimum Gasteiger partial charge on any atom is -1.00 e. The monoisotopic (exact) mass is 345 g/mol. The zero-order valence-corrected chi connectivity index (χ0v) is 13.3.